The summed E-state index contributed by atoms with van der Waals surface area (Å²) in [5.74, 6) is 2.55. The first-order chi connectivity index (χ1) is 12.8. The van der Waals surface area contributed by atoms with E-state index in [1.807, 2.05) is 0 Å². The second kappa shape index (κ2) is 7.65. The molecule has 0 bridgehead atoms. The van der Waals surface area contributed by atoms with E-state index in [2.05, 4.69) is 10.3 Å². The lowest BCUT2D eigenvalue weighted by Crippen LogP contribution is -2.26. The normalized spacial score (nSPS) is 18.1. The Morgan fingerprint density at radius 1 is 1.31 bits per heavy atom. The molecule has 1 atom stereocenters. The van der Waals surface area contributed by atoms with Gasteiger partial charge in [-0.1, -0.05) is 0 Å². The average Bonchev–Trinajstić information content (AvgIpc) is 3.40. The van der Waals surface area contributed by atoms with Crippen molar-refractivity contribution in [3.8, 4) is 17.2 Å². The molecule has 2 aliphatic heterocycles. The highest BCUT2D eigenvalue weighted by molar-refractivity contribution is 5.91. The molecule has 138 valence electrons. The highest BCUT2D eigenvalue weighted by atomic mass is 16.7. The maximum absolute atomic E-state index is 12.1. The van der Waals surface area contributed by atoms with Gasteiger partial charge in [0.05, 0.1) is 0 Å². The average molecular weight is 360 g/mol. The summed E-state index contributed by atoms with van der Waals surface area (Å²) in [7, 11) is 0. The number of nitrogens with one attached hydrogen (secondary N) is 1. The highest BCUT2D eigenvalue weighted by Gasteiger charge is 2.17. The summed E-state index contributed by atoms with van der Waals surface area (Å²) >= 11 is 0. The monoisotopic (exact) mass is 360 g/mol. The summed E-state index contributed by atoms with van der Waals surface area (Å²) in [6, 6.07) is 5.30. The summed E-state index contributed by atoms with van der Waals surface area (Å²) in [6.45, 7) is 2.52. The van der Waals surface area contributed by atoms with Gasteiger partial charge in [0.1, 0.15) is 12.0 Å². The van der Waals surface area contributed by atoms with E-state index in [0.29, 0.717) is 35.6 Å². The van der Waals surface area contributed by atoms with E-state index in [4.69, 9.17) is 23.4 Å². The molecule has 1 amide bonds. The second-order valence-corrected chi connectivity index (χ2v) is 6.20. The Labute approximate surface area is 150 Å². The van der Waals surface area contributed by atoms with E-state index >= 15 is 0 Å². The molecule has 1 saturated heterocycles. The predicted octanol–water partition coefficient (Wildman–Crippen LogP) is 2.14. The molecule has 0 aliphatic carbocycles. The van der Waals surface area contributed by atoms with Crippen LogP contribution in [0.2, 0.25) is 0 Å². The minimum atomic E-state index is -0.248. The first kappa shape index (κ1) is 16.7. The number of benzene rings is 1. The van der Waals surface area contributed by atoms with Crippen LogP contribution in [0.4, 0.5) is 0 Å². The van der Waals surface area contributed by atoms with Crippen LogP contribution in [0.15, 0.2) is 28.9 Å². The van der Waals surface area contributed by atoms with Crippen molar-refractivity contribution in [2.75, 3.05) is 26.6 Å². The number of oxazole rings is 1. The van der Waals surface area contributed by atoms with Crippen LogP contribution in [-0.2, 0) is 11.3 Å². The van der Waals surface area contributed by atoms with Crippen molar-refractivity contribution in [2.45, 2.75) is 19.4 Å². The van der Waals surface area contributed by atoms with Gasteiger partial charge >= 0.3 is 0 Å². The minimum absolute atomic E-state index is 0.117. The van der Waals surface area contributed by atoms with Gasteiger partial charge in [-0.3, -0.25) is 4.79 Å². The fourth-order valence-corrected chi connectivity index (χ4v) is 2.88. The van der Waals surface area contributed by atoms with Crippen LogP contribution in [0.5, 0.6) is 17.2 Å². The maximum Gasteiger partial charge on any atom is 0.273 e. The van der Waals surface area contributed by atoms with Gasteiger partial charge in [0.25, 0.3) is 5.91 Å². The second-order valence-electron chi connectivity index (χ2n) is 6.20. The Hall–Kier alpha value is -2.74. The molecule has 8 heteroatoms. The number of rotatable bonds is 7. The van der Waals surface area contributed by atoms with Crippen LogP contribution in [0.1, 0.15) is 29.2 Å². The number of carbonyl (C=O) groups is 1. The van der Waals surface area contributed by atoms with Crippen LogP contribution in [0.3, 0.4) is 0 Å². The largest absolute Gasteiger partial charge is 0.484 e. The number of aromatic nitrogens is 1. The van der Waals surface area contributed by atoms with E-state index in [0.717, 1.165) is 26.1 Å². The third kappa shape index (κ3) is 3.91. The molecule has 3 heterocycles. The molecule has 1 fully saturated rings. The van der Waals surface area contributed by atoms with Crippen molar-refractivity contribution in [3.05, 3.63) is 36.0 Å². The molecular formula is C18H20N2O6. The molecule has 26 heavy (non-hydrogen) atoms. The lowest BCUT2D eigenvalue weighted by Gasteiger charge is -2.07. The van der Waals surface area contributed by atoms with Crippen molar-refractivity contribution >= 4 is 5.91 Å². The van der Waals surface area contributed by atoms with Crippen LogP contribution in [0, 0.1) is 5.92 Å². The van der Waals surface area contributed by atoms with Crippen molar-refractivity contribution in [1.29, 1.82) is 0 Å². The zero-order chi connectivity index (χ0) is 17.8. The summed E-state index contributed by atoms with van der Waals surface area (Å²) in [5, 5.41) is 2.85. The zero-order valence-corrected chi connectivity index (χ0v) is 14.2. The summed E-state index contributed by atoms with van der Waals surface area (Å²) in [6.07, 6.45) is 3.30. The fraction of sp³-hybridized carbons (Fsp3) is 0.444. The summed E-state index contributed by atoms with van der Waals surface area (Å²) in [5.41, 5.74) is 0.247. The molecule has 4 rings (SSSR count). The number of carbonyl (C=O) groups excluding carboxylic acids is 1. The van der Waals surface area contributed by atoms with Gasteiger partial charge in [-0.25, -0.2) is 4.98 Å². The van der Waals surface area contributed by atoms with Crippen molar-refractivity contribution in [3.63, 3.8) is 0 Å². The van der Waals surface area contributed by atoms with E-state index in [1.165, 1.54) is 6.26 Å². The Balaban J connectivity index is 1.25. The molecule has 0 radical (unpaired) electrons. The summed E-state index contributed by atoms with van der Waals surface area (Å²) in [4.78, 5) is 16.3. The Bertz CT molecular complexity index is 769. The van der Waals surface area contributed by atoms with Crippen LogP contribution in [-0.4, -0.2) is 37.4 Å². The van der Waals surface area contributed by atoms with Crippen molar-refractivity contribution in [2.24, 2.45) is 5.92 Å². The maximum atomic E-state index is 12.1. The number of fused-ring (bicyclic) bond motifs is 1. The van der Waals surface area contributed by atoms with E-state index in [9.17, 15) is 4.79 Å². The molecule has 8 nitrogen and oxygen atoms in total. The number of nitrogens with zero attached hydrogens (tertiary/aromatic N) is 1. The lowest BCUT2D eigenvalue weighted by atomic mass is 10.1. The van der Waals surface area contributed by atoms with Gasteiger partial charge < -0.3 is 28.7 Å². The van der Waals surface area contributed by atoms with Crippen molar-refractivity contribution < 1.29 is 28.2 Å². The molecular weight excluding hydrogens is 340 g/mol. The van der Waals surface area contributed by atoms with Gasteiger partial charge in [0.15, 0.2) is 23.8 Å². The Morgan fingerprint density at radius 3 is 3.12 bits per heavy atom. The van der Waals surface area contributed by atoms with Crippen LogP contribution < -0.4 is 19.5 Å². The highest BCUT2D eigenvalue weighted by Crippen LogP contribution is 2.35. The number of ether oxygens (including phenoxy) is 4. The van der Waals surface area contributed by atoms with E-state index < -0.39 is 0 Å². The van der Waals surface area contributed by atoms with Gasteiger partial charge in [-0.2, -0.15) is 0 Å². The quantitative estimate of drug-likeness (QED) is 0.809. The molecule has 1 N–H and O–H groups in total. The molecule has 1 aromatic carbocycles. The fourth-order valence-electron chi connectivity index (χ4n) is 2.88. The molecule has 2 aliphatic rings. The molecule has 0 saturated carbocycles. The van der Waals surface area contributed by atoms with E-state index in [-0.39, 0.29) is 25.0 Å². The SMILES string of the molecule is O=C(NCCC1CCOC1)c1coc(COc2ccc3c(c2)OCO3)n1. The van der Waals surface area contributed by atoms with Gasteiger partial charge in [0.2, 0.25) is 12.7 Å². The van der Waals surface area contributed by atoms with Gasteiger partial charge in [0, 0.05) is 25.8 Å². The predicted molar refractivity (Wildman–Crippen MR) is 89.3 cm³/mol. The minimum Gasteiger partial charge on any atom is -0.484 e. The van der Waals surface area contributed by atoms with Crippen LogP contribution in [0.25, 0.3) is 0 Å². The molecule has 1 unspecified atom stereocenters. The topological polar surface area (TPSA) is 92.1 Å². The number of amides is 1. The third-order valence-electron chi connectivity index (χ3n) is 4.35. The number of hydrogen-bond donors (Lipinski definition) is 1. The Morgan fingerprint density at radius 2 is 2.23 bits per heavy atom. The standard InChI is InChI=1S/C18H20N2O6/c21-18(19-5-3-12-4-6-22-8-12)14-9-24-17(20-14)10-23-13-1-2-15-16(7-13)26-11-25-15/h1-2,7,9,12H,3-6,8,10-11H2,(H,19,21). The smallest absolute Gasteiger partial charge is 0.273 e. The zero-order valence-electron chi connectivity index (χ0n) is 14.2. The lowest BCUT2D eigenvalue weighted by molar-refractivity contribution is 0.0945. The first-order valence-electron chi connectivity index (χ1n) is 8.61. The van der Waals surface area contributed by atoms with Gasteiger partial charge in [-0.05, 0) is 30.9 Å². The molecule has 1 aromatic heterocycles. The number of hydrogen-bond acceptors (Lipinski definition) is 7. The third-order valence-corrected chi connectivity index (χ3v) is 4.35. The molecule has 2 aromatic rings. The van der Waals surface area contributed by atoms with E-state index in [1.54, 1.807) is 18.2 Å². The van der Waals surface area contributed by atoms with Crippen molar-refractivity contribution in [1.82, 2.24) is 10.3 Å². The summed E-state index contributed by atoms with van der Waals surface area (Å²) < 4.78 is 26.8. The first-order valence-corrected chi connectivity index (χ1v) is 8.61. The van der Waals surface area contributed by atoms with Crippen LogP contribution >= 0.6 is 0 Å². The molecule has 0 spiro atoms. The Kier molecular flexibility index (Phi) is 4.92. The van der Waals surface area contributed by atoms with Gasteiger partial charge in [-0.15, -0.1) is 0 Å².